The van der Waals surface area contributed by atoms with Crippen LogP contribution in [0.3, 0.4) is 0 Å². The second kappa shape index (κ2) is 5.78. The lowest BCUT2D eigenvalue weighted by molar-refractivity contribution is 0.320. The summed E-state index contributed by atoms with van der Waals surface area (Å²) in [6.07, 6.45) is 2.29. The van der Waals surface area contributed by atoms with E-state index < -0.39 is 0 Å². The molecule has 2 nitrogen and oxygen atoms in total. The Morgan fingerprint density at radius 2 is 2.12 bits per heavy atom. The van der Waals surface area contributed by atoms with Gasteiger partial charge in [-0.1, -0.05) is 27.7 Å². The highest BCUT2D eigenvalue weighted by Crippen LogP contribution is 2.27. The third-order valence-corrected chi connectivity index (χ3v) is 3.62. The number of rotatable bonds is 6. The van der Waals surface area contributed by atoms with Crippen LogP contribution in [0.4, 0.5) is 0 Å². The number of hydrogen-bond donors (Lipinski definition) is 1. The van der Waals surface area contributed by atoms with Crippen LogP contribution in [0.5, 0.6) is 0 Å². The maximum absolute atomic E-state index is 4.54. The van der Waals surface area contributed by atoms with Crippen molar-refractivity contribution < 1.29 is 0 Å². The van der Waals surface area contributed by atoms with Crippen LogP contribution < -0.4 is 5.32 Å². The fourth-order valence-corrected chi connectivity index (χ4v) is 2.71. The van der Waals surface area contributed by atoms with Crippen LogP contribution >= 0.6 is 11.3 Å². The van der Waals surface area contributed by atoms with Gasteiger partial charge in [-0.25, -0.2) is 4.98 Å². The second-order valence-electron chi connectivity index (χ2n) is 5.58. The molecule has 1 rings (SSSR count). The van der Waals surface area contributed by atoms with E-state index in [0.717, 1.165) is 18.7 Å². The van der Waals surface area contributed by atoms with Gasteiger partial charge in [0, 0.05) is 23.5 Å². The fraction of sp³-hybridized carbons (Fsp3) is 0.769. The molecular formula is C13H24N2S. The molecule has 16 heavy (non-hydrogen) atoms. The van der Waals surface area contributed by atoms with Crippen LogP contribution in [0.25, 0.3) is 0 Å². The summed E-state index contributed by atoms with van der Waals surface area (Å²) in [5.41, 5.74) is 1.49. The molecule has 0 saturated carbocycles. The topological polar surface area (TPSA) is 24.9 Å². The van der Waals surface area contributed by atoms with Crippen molar-refractivity contribution in [1.29, 1.82) is 0 Å². The Kier molecular flexibility index (Phi) is 4.93. The highest BCUT2D eigenvalue weighted by atomic mass is 32.1. The molecule has 92 valence electrons. The Bertz CT molecular complexity index is 315. The lowest BCUT2D eigenvalue weighted by Gasteiger charge is -2.24. The summed E-state index contributed by atoms with van der Waals surface area (Å²) in [5, 5.41) is 6.88. The van der Waals surface area contributed by atoms with Gasteiger partial charge in [0.25, 0.3) is 0 Å². The smallest absolute Gasteiger partial charge is 0.0933 e. The molecule has 3 heteroatoms. The minimum atomic E-state index is 0.339. The van der Waals surface area contributed by atoms with Crippen molar-refractivity contribution in [2.45, 2.75) is 53.5 Å². The zero-order chi connectivity index (χ0) is 12.2. The zero-order valence-electron chi connectivity index (χ0n) is 11.1. The van der Waals surface area contributed by atoms with E-state index in [4.69, 9.17) is 0 Å². The molecule has 0 aliphatic rings. The van der Waals surface area contributed by atoms with E-state index in [-0.39, 0.29) is 0 Å². The first-order valence-corrected chi connectivity index (χ1v) is 6.91. The largest absolute Gasteiger partial charge is 0.315 e. The van der Waals surface area contributed by atoms with Crippen molar-refractivity contribution in [3.05, 3.63) is 16.1 Å². The lowest BCUT2D eigenvalue weighted by atomic mass is 9.86. The van der Waals surface area contributed by atoms with Crippen molar-refractivity contribution >= 4 is 11.3 Å². The van der Waals surface area contributed by atoms with Crippen LogP contribution in [0.1, 0.15) is 44.8 Å². The van der Waals surface area contributed by atoms with Gasteiger partial charge in [-0.15, -0.1) is 11.3 Å². The molecule has 0 fully saturated rings. The van der Waals surface area contributed by atoms with Gasteiger partial charge in [-0.05, 0) is 25.3 Å². The molecule has 0 radical (unpaired) electrons. The highest BCUT2D eigenvalue weighted by molar-refractivity contribution is 7.09. The van der Waals surface area contributed by atoms with E-state index in [0.29, 0.717) is 11.5 Å². The molecule has 0 aromatic carbocycles. The molecule has 1 heterocycles. The molecule has 1 aromatic rings. The normalized spacial score (nSPS) is 12.4. The van der Waals surface area contributed by atoms with E-state index in [1.165, 1.54) is 11.4 Å². The Balaban J connectivity index is 2.39. The Morgan fingerprint density at radius 3 is 2.62 bits per heavy atom. The SMILES string of the molecule is Cc1csc(CC(C)(C)CCNC(C)C)n1. The summed E-state index contributed by atoms with van der Waals surface area (Å²) in [6, 6.07) is 0.581. The molecule has 0 amide bonds. The molecule has 0 spiro atoms. The van der Waals surface area contributed by atoms with Crippen molar-refractivity contribution in [2.24, 2.45) is 5.41 Å². The molecule has 1 aromatic heterocycles. The average Bonchev–Trinajstić information content (AvgIpc) is 2.48. The van der Waals surface area contributed by atoms with Crippen molar-refractivity contribution in [1.82, 2.24) is 10.3 Å². The van der Waals surface area contributed by atoms with Crippen molar-refractivity contribution in [3.63, 3.8) is 0 Å². The van der Waals surface area contributed by atoms with Crippen molar-refractivity contribution in [2.75, 3.05) is 6.54 Å². The average molecular weight is 240 g/mol. The van der Waals surface area contributed by atoms with Gasteiger partial charge in [0.15, 0.2) is 0 Å². The van der Waals surface area contributed by atoms with Crippen LogP contribution in [-0.2, 0) is 6.42 Å². The van der Waals surface area contributed by atoms with E-state index in [1.807, 2.05) is 0 Å². The third kappa shape index (κ3) is 5.08. The first-order valence-electron chi connectivity index (χ1n) is 6.03. The first kappa shape index (κ1) is 13.7. The maximum atomic E-state index is 4.54. The van der Waals surface area contributed by atoms with Gasteiger partial charge < -0.3 is 5.32 Å². The van der Waals surface area contributed by atoms with Crippen LogP contribution in [0.15, 0.2) is 5.38 Å². The molecule has 0 bridgehead atoms. The lowest BCUT2D eigenvalue weighted by Crippen LogP contribution is -2.28. The zero-order valence-corrected chi connectivity index (χ0v) is 11.9. The van der Waals surface area contributed by atoms with E-state index in [2.05, 4.69) is 50.3 Å². The summed E-state index contributed by atoms with van der Waals surface area (Å²) < 4.78 is 0. The van der Waals surface area contributed by atoms with Gasteiger partial charge in [-0.2, -0.15) is 0 Å². The van der Waals surface area contributed by atoms with Gasteiger partial charge in [0.1, 0.15) is 0 Å². The van der Waals surface area contributed by atoms with E-state index in [1.54, 1.807) is 11.3 Å². The van der Waals surface area contributed by atoms with Gasteiger partial charge in [-0.3, -0.25) is 0 Å². The van der Waals surface area contributed by atoms with Gasteiger partial charge in [0.05, 0.1) is 5.01 Å². The third-order valence-electron chi connectivity index (χ3n) is 2.65. The van der Waals surface area contributed by atoms with Crippen LogP contribution in [-0.4, -0.2) is 17.6 Å². The number of thiazole rings is 1. The molecule has 0 aliphatic heterocycles. The quantitative estimate of drug-likeness (QED) is 0.824. The number of hydrogen-bond acceptors (Lipinski definition) is 3. The Labute approximate surface area is 103 Å². The molecule has 0 atom stereocenters. The Hall–Kier alpha value is -0.410. The highest BCUT2D eigenvalue weighted by Gasteiger charge is 2.19. The summed E-state index contributed by atoms with van der Waals surface area (Å²) in [5.74, 6) is 0. The standard InChI is InChI=1S/C13H24N2S/c1-10(2)14-7-6-13(4,5)8-12-15-11(3)9-16-12/h9-10,14H,6-8H2,1-5H3. The molecule has 0 aliphatic carbocycles. The Morgan fingerprint density at radius 1 is 1.44 bits per heavy atom. The maximum Gasteiger partial charge on any atom is 0.0933 e. The van der Waals surface area contributed by atoms with Gasteiger partial charge in [0.2, 0.25) is 0 Å². The van der Waals surface area contributed by atoms with E-state index in [9.17, 15) is 0 Å². The summed E-state index contributed by atoms with van der Waals surface area (Å²) in [7, 11) is 0. The molecule has 0 unspecified atom stereocenters. The monoisotopic (exact) mass is 240 g/mol. The van der Waals surface area contributed by atoms with Crippen LogP contribution in [0.2, 0.25) is 0 Å². The molecular weight excluding hydrogens is 216 g/mol. The first-order chi connectivity index (χ1) is 7.39. The number of nitrogens with zero attached hydrogens (tertiary/aromatic N) is 1. The molecule has 1 N–H and O–H groups in total. The number of nitrogens with one attached hydrogen (secondary N) is 1. The number of aryl methyl sites for hydroxylation is 1. The van der Waals surface area contributed by atoms with E-state index >= 15 is 0 Å². The predicted molar refractivity (Wildman–Crippen MR) is 72.1 cm³/mol. The predicted octanol–water partition coefficient (Wildman–Crippen LogP) is 3.41. The second-order valence-corrected chi connectivity index (χ2v) is 6.53. The van der Waals surface area contributed by atoms with Crippen LogP contribution in [0, 0.1) is 12.3 Å². The summed E-state index contributed by atoms with van der Waals surface area (Å²) >= 11 is 1.78. The minimum absolute atomic E-state index is 0.339. The summed E-state index contributed by atoms with van der Waals surface area (Å²) in [6.45, 7) is 12.2. The van der Waals surface area contributed by atoms with Crippen molar-refractivity contribution in [3.8, 4) is 0 Å². The molecule has 0 saturated heterocycles. The van der Waals surface area contributed by atoms with Gasteiger partial charge >= 0.3 is 0 Å². The number of aromatic nitrogens is 1. The minimum Gasteiger partial charge on any atom is -0.315 e. The summed E-state index contributed by atoms with van der Waals surface area (Å²) in [4.78, 5) is 4.54. The fourth-order valence-electron chi connectivity index (χ4n) is 1.68.